The summed E-state index contributed by atoms with van der Waals surface area (Å²) in [6.45, 7) is 5.36. The van der Waals surface area contributed by atoms with Crippen molar-refractivity contribution in [2.45, 2.75) is 19.9 Å². The van der Waals surface area contributed by atoms with Gasteiger partial charge in [0, 0.05) is 44.5 Å². The lowest BCUT2D eigenvalue weighted by Gasteiger charge is -2.36. The molecule has 0 radical (unpaired) electrons. The topological polar surface area (TPSA) is 43.9 Å². The first-order valence-corrected chi connectivity index (χ1v) is 7.26. The zero-order valence-corrected chi connectivity index (χ0v) is 13.2. The number of nitrogens with zero attached hydrogens (tertiary/aromatic N) is 3. The molecule has 2 rings (SSSR count). The predicted octanol–water partition coefficient (Wildman–Crippen LogP) is 1.45. The lowest BCUT2D eigenvalue weighted by atomic mass is 10.1. The standard InChI is InChI=1S/C16H23N3O2/c1-12(2)19-9-8-18(11-15(19)20)16(21)13-6-5-7-14(10-13)17(3)4/h5-7,10,12H,8-9,11H2,1-4H3. The molecule has 1 aromatic carbocycles. The SMILES string of the molecule is CC(C)N1CCN(C(=O)c2cccc(N(C)C)c2)CC1=O. The van der Waals surface area contributed by atoms with Crippen LogP contribution in [0.25, 0.3) is 0 Å². The van der Waals surface area contributed by atoms with Crippen molar-refractivity contribution in [2.75, 3.05) is 38.6 Å². The number of anilines is 1. The van der Waals surface area contributed by atoms with Crippen molar-refractivity contribution >= 4 is 17.5 Å². The van der Waals surface area contributed by atoms with Crippen molar-refractivity contribution in [3.05, 3.63) is 29.8 Å². The van der Waals surface area contributed by atoms with Crippen LogP contribution in [0.15, 0.2) is 24.3 Å². The highest BCUT2D eigenvalue weighted by Crippen LogP contribution is 2.16. The van der Waals surface area contributed by atoms with Crippen LogP contribution in [0, 0.1) is 0 Å². The normalized spacial score (nSPS) is 15.6. The highest BCUT2D eigenvalue weighted by atomic mass is 16.2. The predicted molar refractivity (Wildman–Crippen MR) is 83.5 cm³/mol. The van der Waals surface area contributed by atoms with Crippen molar-refractivity contribution in [1.29, 1.82) is 0 Å². The molecule has 1 aliphatic rings. The minimum Gasteiger partial charge on any atom is -0.378 e. The number of benzene rings is 1. The van der Waals surface area contributed by atoms with Gasteiger partial charge in [0.05, 0.1) is 0 Å². The Morgan fingerprint density at radius 3 is 2.52 bits per heavy atom. The first-order chi connectivity index (χ1) is 9.90. The third kappa shape index (κ3) is 3.35. The summed E-state index contributed by atoms with van der Waals surface area (Å²) in [6.07, 6.45) is 0. The van der Waals surface area contributed by atoms with Gasteiger partial charge in [-0.25, -0.2) is 0 Å². The Kier molecular flexibility index (Phi) is 4.50. The molecule has 5 heteroatoms. The molecule has 5 nitrogen and oxygen atoms in total. The molecule has 0 unspecified atom stereocenters. The lowest BCUT2D eigenvalue weighted by Crippen LogP contribution is -2.54. The molecule has 0 saturated carbocycles. The van der Waals surface area contributed by atoms with Crippen LogP contribution in [0.1, 0.15) is 24.2 Å². The van der Waals surface area contributed by atoms with Gasteiger partial charge in [0.1, 0.15) is 6.54 Å². The van der Waals surface area contributed by atoms with Gasteiger partial charge < -0.3 is 14.7 Å². The Balaban J connectivity index is 2.11. The minimum atomic E-state index is -0.0737. The maximum Gasteiger partial charge on any atom is 0.254 e. The van der Waals surface area contributed by atoms with Gasteiger partial charge in [-0.2, -0.15) is 0 Å². The van der Waals surface area contributed by atoms with Gasteiger partial charge >= 0.3 is 0 Å². The summed E-state index contributed by atoms with van der Waals surface area (Å²) in [5.74, 6) is -0.0520. The number of carbonyl (C=O) groups is 2. The molecule has 0 aromatic heterocycles. The van der Waals surface area contributed by atoms with Crippen molar-refractivity contribution < 1.29 is 9.59 Å². The summed E-state index contributed by atoms with van der Waals surface area (Å²) in [4.78, 5) is 30.0. The summed E-state index contributed by atoms with van der Waals surface area (Å²) in [6, 6.07) is 7.68. The van der Waals surface area contributed by atoms with E-state index in [2.05, 4.69) is 0 Å². The lowest BCUT2D eigenvalue weighted by molar-refractivity contribution is -0.136. The van der Waals surface area contributed by atoms with Crippen LogP contribution >= 0.6 is 0 Å². The van der Waals surface area contributed by atoms with E-state index in [1.165, 1.54) is 0 Å². The van der Waals surface area contributed by atoms with E-state index in [0.29, 0.717) is 18.7 Å². The summed E-state index contributed by atoms with van der Waals surface area (Å²) in [5, 5.41) is 0. The Labute approximate surface area is 126 Å². The molecule has 0 aliphatic carbocycles. The Morgan fingerprint density at radius 1 is 1.24 bits per heavy atom. The molecule has 1 aromatic rings. The van der Waals surface area contributed by atoms with Gasteiger partial charge in [0.15, 0.2) is 0 Å². The second-order valence-electron chi connectivity index (χ2n) is 5.85. The highest BCUT2D eigenvalue weighted by Gasteiger charge is 2.28. The summed E-state index contributed by atoms with van der Waals surface area (Å²) in [7, 11) is 3.88. The van der Waals surface area contributed by atoms with Crippen molar-refractivity contribution in [2.24, 2.45) is 0 Å². The van der Waals surface area contributed by atoms with E-state index in [4.69, 9.17) is 0 Å². The molecule has 0 N–H and O–H groups in total. The average Bonchev–Trinajstić information content (AvgIpc) is 2.46. The van der Waals surface area contributed by atoms with E-state index in [-0.39, 0.29) is 24.4 Å². The van der Waals surface area contributed by atoms with Gasteiger partial charge in [-0.1, -0.05) is 6.07 Å². The Morgan fingerprint density at radius 2 is 1.95 bits per heavy atom. The third-order valence-corrected chi connectivity index (χ3v) is 3.78. The molecule has 21 heavy (non-hydrogen) atoms. The van der Waals surface area contributed by atoms with Gasteiger partial charge in [0.2, 0.25) is 5.91 Å². The summed E-state index contributed by atoms with van der Waals surface area (Å²) in [5.41, 5.74) is 1.61. The molecule has 1 heterocycles. The molecule has 0 atom stereocenters. The van der Waals surface area contributed by atoms with Gasteiger partial charge in [0.25, 0.3) is 5.91 Å². The van der Waals surface area contributed by atoms with Crippen LogP contribution in [0.2, 0.25) is 0 Å². The quantitative estimate of drug-likeness (QED) is 0.846. The molecule has 2 amide bonds. The van der Waals surface area contributed by atoms with Crippen LogP contribution in [-0.4, -0.2) is 61.4 Å². The van der Waals surface area contributed by atoms with E-state index in [9.17, 15) is 9.59 Å². The Bertz CT molecular complexity index is 540. The van der Waals surface area contributed by atoms with Crippen molar-refractivity contribution in [1.82, 2.24) is 9.80 Å². The number of amides is 2. The molecule has 1 fully saturated rings. The summed E-state index contributed by atoms with van der Waals surface area (Å²) < 4.78 is 0. The number of hydrogen-bond donors (Lipinski definition) is 0. The van der Waals surface area contributed by atoms with Gasteiger partial charge in [-0.3, -0.25) is 9.59 Å². The minimum absolute atomic E-state index is 0.0216. The smallest absolute Gasteiger partial charge is 0.254 e. The number of rotatable bonds is 3. The molecular weight excluding hydrogens is 266 g/mol. The van der Waals surface area contributed by atoms with Crippen LogP contribution in [0.4, 0.5) is 5.69 Å². The third-order valence-electron chi connectivity index (χ3n) is 3.78. The Hall–Kier alpha value is -2.04. The van der Waals surface area contributed by atoms with Crippen molar-refractivity contribution in [3.63, 3.8) is 0 Å². The van der Waals surface area contributed by atoms with Crippen LogP contribution < -0.4 is 4.90 Å². The molecule has 1 aliphatic heterocycles. The first kappa shape index (κ1) is 15.4. The van der Waals surface area contributed by atoms with Gasteiger partial charge in [-0.05, 0) is 32.0 Å². The van der Waals surface area contributed by atoms with Gasteiger partial charge in [-0.15, -0.1) is 0 Å². The fourth-order valence-electron chi connectivity index (χ4n) is 2.51. The molecule has 0 spiro atoms. The van der Waals surface area contributed by atoms with E-state index in [1.54, 1.807) is 11.0 Å². The fraction of sp³-hybridized carbons (Fsp3) is 0.500. The number of hydrogen-bond acceptors (Lipinski definition) is 3. The molecule has 0 bridgehead atoms. The van der Waals surface area contributed by atoms with Crippen molar-refractivity contribution in [3.8, 4) is 0 Å². The zero-order valence-electron chi connectivity index (χ0n) is 13.2. The monoisotopic (exact) mass is 289 g/mol. The molecular formula is C16H23N3O2. The van der Waals surface area contributed by atoms with E-state index in [1.807, 2.05) is 55.9 Å². The highest BCUT2D eigenvalue weighted by molar-refractivity contribution is 5.97. The summed E-state index contributed by atoms with van der Waals surface area (Å²) >= 11 is 0. The maximum atomic E-state index is 12.5. The van der Waals surface area contributed by atoms with Crippen LogP contribution in [0.5, 0.6) is 0 Å². The second-order valence-corrected chi connectivity index (χ2v) is 5.85. The maximum absolute atomic E-state index is 12.5. The number of piperazine rings is 1. The van der Waals surface area contributed by atoms with E-state index in [0.717, 1.165) is 5.69 Å². The van der Waals surface area contributed by atoms with E-state index < -0.39 is 0 Å². The number of carbonyl (C=O) groups excluding carboxylic acids is 2. The second kappa shape index (κ2) is 6.16. The largest absolute Gasteiger partial charge is 0.378 e. The molecule has 114 valence electrons. The first-order valence-electron chi connectivity index (χ1n) is 7.26. The fourth-order valence-corrected chi connectivity index (χ4v) is 2.51. The average molecular weight is 289 g/mol. The zero-order chi connectivity index (χ0) is 15.6. The van der Waals surface area contributed by atoms with Crippen LogP contribution in [-0.2, 0) is 4.79 Å². The van der Waals surface area contributed by atoms with E-state index >= 15 is 0 Å². The van der Waals surface area contributed by atoms with Crippen LogP contribution in [0.3, 0.4) is 0 Å². The molecule has 1 saturated heterocycles.